The molecule has 1 aliphatic carbocycles. The summed E-state index contributed by atoms with van der Waals surface area (Å²) in [5.74, 6) is 0.839. The monoisotopic (exact) mass is 247 g/mol. The molecular formula is C11H22BrN. The molecule has 1 unspecified atom stereocenters. The molecule has 1 nitrogen and oxygen atoms in total. The molecule has 0 heterocycles. The number of hydrogen-bond acceptors (Lipinski definition) is 1. The summed E-state index contributed by atoms with van der Waals surface area (Å²) in [5.41, 5.74) is 0. The van der Waals surface area contributed by atoms with E-state index in [0.717, 1.165) is 17.3 Å². The van der Waals surface area contributed by atoms with Crippen LogP contribution >= 0.6 is 15.9 Å². The Bertz CT molecular complexity index is 128. The van der Waals surface area contributed by atoms with Gasteiger partial charge in [0.05, 0.1) is 0 Å². The highest BCUT2D eigenvalue weighted by Crippen LogP contribution is 2.23. The van der Waals surface area contributed by atoms with E-state index < -0.39 is 0 Å². The van der Waals surface area contributed by atoms with Crippen molar-refractivity contribution in [1.29, 1.82) is 0 Å². The average Bonchev–Trinajstić information content (AvgIpc) is 2.66. The van der Waals surface area contributed by atoms with E-state index in [2.05, 4.69) is 34.8 Å². The maximum Gasteiger partial charge on any atom is 0.00923 e. The Labute approximate surface area is 91.0 Å². The van der Waals surface area contributed by atoms with Crippen molar-refractivity contribution in [3.63, 3.8) is 0 Å². The summed E-state index contributed by atoms with van der Waals surface area (Å²) in [6.07, 6.45) is 7.03. The molecule has 0 saturated heterocycles. The van der Waals surface area contributed by atoms with Crippen LogP contribution in [0.3, 0.4) is 0 Å². The molecule has 0 aromatic carbocycles. The van der Waals surface area contributed by atoms with Crippen molar-refractivity contribution in [2.24, 2.45) is 5.92 Å². The van der Waals surface area contributed by atoms with Crippen molar-refractivity contribution in [3.05, 3.63) is 0 Å². The average molecular weight is 248 g/mol. The van der Waals surface area contributed by atoms with E-state index in [1.54, 1.807) is 0 Å². The highest BCUT2D eigenvalue weighted by molar-refractivity contribution is 9.09. The Balaban J connectivity index is 2.25. The fourth-order valence-corrected chi connectivity index (χ4v) is 2.85. The third-order valence-electron chi connectivity index (χ3n) is 3.29. The van der Waals surface area contributed by atoms with Gasteiger partial charge in [-0.1, -0.05) is 42.1 Å². The predicted molar refractivity (Wildman–Crippen MR) is 62.5 cm³/mol. The first-order chi connectivity index (χ1) is 6.27. The second kappa shape index (κ2) is 6.02. The number of nitrogens with zero attached hydrogens (tertiary/aromatic N) is 1. The molecule has 0 aromatic heterocycles. The van der Waals surface area contributed by atoms with E-state index in [-0.39, 0.29) is 0 Å². The van der Waals surface area contributed by atoms with E-state index >= 15 is 0 Å². The highest BCUT2D eigenvalue weighted by Gasteiger charge is 2.20. The van der Waals surface area contributed by atoms with Gasteiger partial charge in [0.25, 0.3) is 0 Å². The van der Waals surface area contributed by atoms with Gasteiger partial charge in [0.2, 0.25) is 0 Å². The van der Waals surface area contributed by atoms with Crippen LogP contribution in [0.2, 0.25) is 0 Å². The van der Waals surface area contributed by atoms with Gasteiger partial charge >= 0.3 is 0 Å². The summed E-state index contributed by atoms with van der Waals surface area (Å²) < 4.78 is 0. The lowest BCUT2D eigenvalue weighted by Gasteiger charge is -2.27. The SMILES string of the molecule is CCC(CBr)CN(C)C1CCCC1. The van der Waals surface area contributed by atoms with Crippen LogP contribution < -0.4 is 0 Å². The molecule has 0 aromatic rings. The van der Waals surface area contributed by atoms with Crippen LogP contribution in [0.25, 0.3) is 0 Å². The Morgan fingerprint density at radius 3 is 2.46 bits per heavy atom. The quantitative estimate of drug-likeness (QED) is 0.675. The molecule has 1 saturated carbocycles. The van der Waals surface area contributed by atoms with Crippen molar-refractivity contribution in [1.82, 2.24) is 4.90 Å². The zero-order chi connectivity index (χ0) is 9.68. The molecule has 0 aliphatic heterocycles. The van der Waals surface area contributed by atoms with Crippen LogP contribution in [-0.2, 0) is 0 Å². The first-order valence-corrected chi connectivity index (χ1v) is 6.66. The fourth-order valence-electron chi connectivity index (χ4n) is 2.19. The summed E-state index contributed by atoms with van der Waals surface area (Å²) in [4.78, 5) is 2.57. The lowest BCUT2D eigenvalue weighted by Crippen LogP contribution is -2.34. The summed E-state index contributed by atoms with van der Waals surface area (Å²) in [6, 6.07) is 0.882. The van der Waals surface area contributed by atoms with Crippen LogP contribution in [-0.4, -0.2) is 29.9 Å². The van der Waals surface area contributed by atoms with E-state index in [1.165, 1.54) is 38.6 Å². The fraction of sp³-hybridized carbons (Fsp3) is 1.00. The molecule has 1 rings (SSSR count). The van der Waals surface area contributed by atoms with Crippen molar-refractivity contribution >= 4 is 15.9 Å². The minimum Gasteiger partial charge on any atom is -0.303 e. The number of hydrogen-bond donors (Lipinski definition) is 0. The maximum absolute atomic E-state index is 3.59. The normalized spacial score (nSPS) is 21.2. The van der Waals surface area contributed by atoms with Crippen LogP contribution in [0.15, 0.2) is 0 Å². The van der Waals surface area contributed by atoms with Crippen LogP contribution in [0.5, 0.6) is 0 Å². The van der Waals surface area contributed by atoms with Gasteiger partial charge < -0.3 is 4.90 Å². The van der Waals surface area contributed by atoms with Crippen LogP contribution in [0, 0.1) is 5.92 Å². The van der Waals surface area contributed by atoms with Crippen molar-refractivity contribution < 1.29 is 0 Å². The molecule has 1 aliphatic rings. The smallest absolute Gasteiger partial charge is 0.00923 e. The Hall–Kier alpha value is 0.440. The van der Waals surface area contributed by atoms with Crippen molar-refractivity contribution in [2.75, 3.05) is 18.9 Å². The van der Waals surface area contributed by atoms with Crippen molar-refractivity contribution in [3.8, 4) is 0 Å². The molecule has 78 valence electrons. The van der Waals surface area contributed by atoms with Gasteiger partial charge in [-0.15, -0.1) is 0 Å². The summed E-state index contributed by atoms with van der Waals surface area (Å²) >= 11 is 3.59. The molecule has 0 radical (unpaired) electrons. The van der Waals surface area contributed by atoms with E-state index in [9.17, 15) is 0 Å². The summed E-state index contributed by atoms with van der Waals surface area (Å²) in [7, 11) is 2.29. The van der Waals surface area contributed by atoms with Crippen molar-refractivity contribution in [2.45, 2.75) is 45.1 Å². The topological polar surface area (TPSA) is 3.24 Å². The summed E-state index contributed by atoms with van der Waals surface area (Å²) in [6.45, 7) is 3.56. The zero-order valence-corrected chi connectivity index (χ0v) is 10.5. The van der Waals surface area contributed by atoms with E-state index in [1.807, 2.05) is 0 Å². The lowest BCUT2D eigenvalue weighted by molar-refractivity contribution is 0.214. The van der Waals surface area contributed by atoms with E-state index in [4.69, 9.17) is 0 Å². The zero-order valence-electron chi connectivity index (χ0n) is 8.93. The minimum atomic E-state index is 0.839. The Morgan fingerprint density at radius 2 is 2.00 bits per heavy atom. The van der Waals surface area contributed by atoms with Crippen LogP contribution in [0.4, 0.5) is 0 Å². The van der Waals surface area contributed by atoms with Gasteiger partial charge in [-0.3, -0.25) is 0 Å². The van der Waals surface area contributed by atoms with Gasteiger partial charge in [0, 0.05) is 17.9 Å². The number of rotatable bonds is 5. The molecule has 2 heteroatoms. The van der Waals surface area contributed by atoms with Crippen LogP contribution in [0.1, 0.15) is 39.0 Å². The minimum absolute atomic E-state index is 0.839. The number of alkyl halides is 1. The van der Waals surface area contributed by atoms with Gasteiger partial charge in [-0.25, -0.2) is 0 Å². The molecule has 0 spiro atoms. The number of halogens is 1. The molecule has 0 N–H and O–H groups in total. The van der Waals surface area contributed by atoms with Gasteiger partial charge in [-0.2, -0.15) is 0 Å². The molecule has 0 amide bonds. The molecule has 13 heavy (non-hydrogen) atoms. The van der Waals surface area contributed by atoms with Gasteiger partial charge in [0.15, 0.2) is 0 Å². The maximum atomic E-state index is 3.59. The largest absolute Gasteiger partial charge is 0.303 e. The third kappa shape index (κ3) is 3.59. The molecule has 1 fully saturated rings. The van der Waals surface area contributed by atoms with E-state index in [0.29, 0.717) is 0 Å². The second-order valence-electron chi connectivity index (χ2n) is 4.31. The molecule has 1 atom stereocenters. The third-order valence-corrected chi connectivity index (χ3v) is 4.21. The molecule has 0 bridgehead atoms. The highest BCUT2D eigenvalue weighted by atomic mass is 79.9. The molecular weight excluding hydrogens is 226 g/mol. The van der Waals surface area contributed by atoms with Gasteiger partial charge in [-0.05, 0) is 25.8 Å². The first-order valence-electron chi connectivity index (χ1n) is 5.54. The Morgan fingerprint density at radius 1 is 1.38 bits per heavy atom. The second-order valence-corrected chi connectivity index (χ2v) is 4.95. The summed E-state index contributed by atoms with van der Waals surface area (Å²) in [5, 5.41) is 1.15. The standard InChI is InChI=1S/C11H22BrN/c1-3-10(8-12)9-13(2)11-6-4-5-7-11/h10-11H,3-9H2,1-2H3. The lowest BCUT2D eigenvalue weighted by atomic mass is 10.1. The van der Waals surface area contributed by atoms with Gasteiger partial charge in [0.1, 0.15) is 0 Å². The predicted octanol–water partition coefficient (Wildman–Crippen LogP) is 3.28. The Kier molecular flexibility index (Phi) is 5.34. The first kappa shape index (κ1) is 11.5.